The van der Waals surface area contributed by atoms with E-state index in [-0.39, 0.29) is 0 Å². The summed E-state index contributed by atoms with van der Waals surface area (Å²) in [5, 5.41) is 9.78. The molecule has 10 aromatic carbocycles. The number of para-hydroxylation sites is 4. The van der Waals surface area contributed by atoms with E-state index in [2.05, 4.69) is 216 Å². The van der Waals surface area contributed by atoms with Gasteiger partial charge in [0.2, 0.25) is 0 Å². The smallest absolute Gasteiger partial charge is 0.164 e. The first-order valence-corrected chi connectivity index (χ1v) is 27.1. The SMILES string of the molecule is c1ccc(-c2nc(-c3ccccc3)nc(-c3cc(-c4cccc5c4sc4cc6c7ccccc7n(-c7ccccc7)c6cc45)ncc3-c3cccc4c3sc3cc5c6ccccc6n(-c6ccccc6)c5cc34)n2)cc1. The topological polar surface area (TPSA) is 61.4 Å². The number of rotatable bonds is 7. The van der Waals surface area contributed by atoms with Gasteiger partial charge >= 0.3 is 0 Å². The van der Waals surface area contributed by atoms with Crippen LogP contribution in [-0.4, -0.2) is 29.1 Å². The van der Waals surface area contributed by atoms with Crippen molar-refractivity contribution in [2.45, 2.75) is 0 Å². The number of nitrogens with zero attached hydrogens (tertiary/aromatic N) is 6. The van der Waals surface area contributed by atoms with E-state index in [0.29, 0.717) is 17.5 Å². The van der Waals surface area contributed by atoms with Gasteiger partial charge in [-0.15, -0.1) is 22.7 Å². The Bertz CT molecular complexity index is 4920. The molecule has 16 rings (SSSR count). The van der Waals surface area contributed by atoms with E-state index < -0.39 is 0 Å². The molecule has 76 heavy (non-hydrogen) atoms. The third-order valence-electron chi connectivity index (χ3n) is 15.0. The van der Waals surface area contributed by atoms with E-state index >= 15 is 0 Å². The van der Waals surface area contributed by atoms with Gasteiger partial charge in [0.05, 0.1) is 27.8 Å². The Morgan fingerprint density at radius 2 is 0.724 bits per heavy atom. The summed E-state index contributed by atoms with van der Waals surface area (Å²) in [7, 11) is 0. The van der Waals surface area contributed by atoms with Crippen molar-refractivity contribution in [2.75, 3.05) is 0 Å². The molecule has 354 valence electrons. The standard InChI is InChI=1S/C68H40N6S2/c1-5-19-41(20-6-1)66-70-67(42-21-7-2-8-22-42)72-68(71-66)55-35-57(50-32-18-30-48-54-37-61-52(39-63(54)76-65(48)50)46-28-14-16-34-59(46)74(61)44-25-11-4-12-26-44)69-40-56(55)49-31-17-29-47-53-36-60-51(38-62(53)75-64(47)49)45-27-13-15-33-58(45)73(60)43-23-9-3-10-24-43/h1-40H. The fourth-order valence-corrected chi connectivity index (χ4v) is 14.1. The highest BCUT2D eigenvalue weighted by atomic mass is 32.1. The second kappa shape index (κ2) is 17.0. The molecule has 0 radical (unpaired) electrons. The average molecular weight is 1010 g/mol. The lowest BCUT2D eigenvalue weighted by Crippen LogP contribution is -2.02. The maximum Gasteiger partial charge on any atom is 0.164 e. The number of thiophene rings is 2. The van der Waals surface area contributed by atoms with Crippen LogP contribution >= 0.6 is 22.7 Å². The van der Waals surface area contributed by atoms with Crippen LogP contribution in [0.15, 0.2) is 243 Å². The van der Waals surface area contributed by atoms with Crippen molar-refractivity contribution in [3.8, 4) is 67.9 Å². The van der Waals surface area contributed by atoms with E-state index in [4.69, 9.17) is 19.9 Å². The molecule has 0 aliphatic rings. The molecule has 6 nitrogen and oxygen atoms in total. The largest absolute Gasteiger partial charge is 0.309 e. The molecule has 8 heteroatoms. The third-order valence-corrected chi connectivity index (χ3v) is 17.4. The predicted octanol–water partition coefficient (Wildman–Crippen LogP) is 18.5. The van der Waals surface area contributed by atoms with Crippen LogP contribution < -0.4 is 0 Å². The molecule has 0 aliphatic carbocycles. The molecule has 6 aromatic heterocycles. The molecule has 16 aromatic rings. The van der Waals surface area contributed by atoms with Crippen LogP contribution in [0, 0.1) is 0 Å². The van der Waals surface area contributed by atoms with Crippen molar-refractivity contribution in [3.05, 3.63) is 243 Å². The normalized spacial score (nSPS) is 11.9. The number of aromatic nitrogens is 6. The molecule has 0 amide bonds. The summed E-state index contributed by atoms with van der Waals surface area (Å²) in [6.45, 7) is 0. The fraction of sp³-hybridized carbons (Fsp3) is 0. The molecular weight excluding hydrogens is 965 g/mol. The Hall–Kier alpha value is -9.60. The van der Waals surface area contributed by atoms with Gasteiger partial charge in [-0.2, -0.15) is 0 Å². The third kappa shape index (κ3) is 6.64. The highest BCUT2D eigenvalue weighted by Gasteiger charge is 2.23. The minimum Gasteiger partial charge on any atom is -0.309 e. The zero-order valence-corrected chi connectivity index (χ0v) is 42.2. The lowest BCUT2D eigenvalue weighted by molar-refractivity contribution is 1.07. The number of fused-ring (bicyclic) bond motifs is 12. The highest BCUT2D eigenvalue weighted by molar-refractivity contribution is 7.26. The Labute approximate surface area is 443 Å². The Balaban J connectivity index is 0.936. The van der Waals surface area contributed by atoms with E-state index in [9.17, 15) is 0 Å². The predicted molar refractivity (Wildman–Crippen MR) is 319 cm³/mol. The first-order chi connectivity index (χ1) is 37.7. The van der Waals surface area contributed by atoms with Crippen molar-refractivity contribution in [1.29, 1.82) is 0 Å². The van der Waals surface area contributed by atoms with Gasteiger partial charge in [0, 0.05) is 113 Å². The monoisotopic (exact) mass is 1000 g/mol. The Morgan fingerprint density at radius 3 is 1.25 bits per heavy atom. The molecule has 0 saturated heterocycles. The van der Waals surface area contributed by atoms with Crippen LogP contribution in [0.1, 0.15) is 0 Å². The number of hydrogen-bond acceptors (Lipinski definition) is 6. The van der Waals surface area contributed by atoms with Crippen LogP contribution in [0.3, 0.4) is 0 Å². The zero-order chi connectivity index (χ0) is 49.8. The molecule has 0 bridgehead atoms. The van der Waals surface area contributed by atoms with Gasteiger partial charge in [-0.25, -0.2) is 15.0 Å². The molecule has 0 saturated carbocycles. The van der Waals surface area contributed by atoms with E-state index in [1.807, 2.05) is 59.1 Å². The summed E-state index contributed by atoms with van der Waals surface area (Å²) >= 11 is 3.66. The zero-order valence-electron chi connectivity index (χ0n) is 40.6. The van der Waals surface area contributed by atoms with Gasteiger partial charge < -0.3 is 9.13 Å². The summed E-state index contributed by atoms with van der Waals surface area (Å²) in [4.78, 5) is 21.3. The fourth-order valence-electron chi connectivity index (χ4n) is 11.6. The van der Waals surface area contributed by atoms with Crippen molar-refractivity contribution in [2.24, 2.45) is 0 Å². The molecular formula is C68H40N6S2. The summed E-state index contributed by atoms with van der Waals surface area (Å²) in [5.41, 5.74) is 13.7. The quantitative estimate of drug-likeness (QED) is 0.160. The van der Waals surface area contributed by atoms with Crippen molar-refractivity contribution in [3.63, 3.8) is 0 Å². The van der Waals surface area contributed by atoms with Crippen molar-refractivity contribution < 1.29 is 0 Å². The van der Waals surface area contributed by atoms with E-state index in [0.717, 1.165) is 50.4 Å². The van der Waals surface area contributed by atoms with Crippen LogP contribution in [0.25, 0.3) is 152 Å². The first-order valence-electron chi connectivity index (χ1n) is 25.4. The van der Waals surface area contributed by atoms with Gasteiger partial charge in [-0.05, 0) is 66.7 Å². The summed E-state index contributed by atoms with van der Waals surface area (Å²) < 4.78 is 9.63. The van der Waals surface area contributed by atoms with Gasteiger partial charge in [0.25, 0.3) is 0 Å². The number of benzene rings is 10. The Kier molecular flexibility index (Phi) is 9.57. The number of pyridine rings is 1. The lowest BCUT2D eigenvalue weighted by Gasteiger charge is -2.14. The minimum atomic E-state index is 0.582. The molecule has 6 heterocycles. The maximum atomic E-state index is 5.44. The average Bonchev–Trinajstić information content (AvgIpc) is 4.32. The van der Waals surface area contributed by atoms with Crippen LogP contribution in [-0.2, 0) is 0 Å². The first kappa shape index (κ1) is 42.9. The van der Waals surface area contributed by atoms with Crippen molar-refractivity contribution >= 4 is 107 Å². The maximum absolute atomic E-state index is 5.44. The molecule has 0 N–H and O–H groups in total. The van der Waals surface area contributed by atoms with Crippen LogP contribution in [0.2, 0.25) is 0 Å². The van der Waals surface area contributed by atoms with E-state index in [1.54, 1.807) is 0 Å². The lowest BCUT2D eigenvalue weighted by atomic mass is 9.96. The van der Waals surface area contributed by atoms with Gasteiger partial charge in [-0.3, -0.25) is 4.98 Å². The summed E-state index contributed by atoms with van der Waals surface area (Å²) in [6.07, 6.45) is 2.06. The molecule has 0 atom stereocenters. The van der Waals surface area contributed by atoms with Crippen molar-refractivity contribution in [1.82, 2.24) is 29.1 Å². The highest BCUT2D eigenvalue weighted by Crippen LogP contribution is 2.48. The number of hydrogen-bond donors (Lipinski definition) is 0. The molecule has 0 unspecified atom stereocenters. The van der Waals surface area contributed by atoms with Gasteiger partial charge in [0.1, 0.15) is 0 Å². The van der Waals surface area contributed by atoms with Gasteiger partial charge in [0.15, 0.2) is 17.5 Å². The molecule has 0 aliphatic heterocycles. The van der Waals surface area contributed by atoms with Gasteiger partial charge in [-0.1, -0.05) is 170 Å². The second-order valence-corrected chi connectivity index (χ2v) is 21.4. The molecule has 0 spiro atoms. The Morgan fingerprint density at radius 1 is 0.289 bits per heavy atom. The van der Waals surface area contributed by atoms with Crippen LogP contribution in [0.4, 0.5) is 0 Å². The summed E-state index contributed by atoms with van der Waals surface area (Å²) in [6, 6.07) is 84.4. The second-order valence-electron chi connectivity index (χ2n) is 19.3. The summed E-state index contributed by atoms with van der Waals surface area (Å²) in [5.74, 6) is 1.80. The van der Waals surface area contributed by atoms with Crippen LogP contribution in [0.5, 0.6) is 0 Å². The molecule has 0 fully saturated rings. The van der Waals surface area contributed by atoms with E-state index in [1.165, 1.54) is 84.0 Å². The minimum absolute atomic E-state index is 0.582.